The number of fused-ring (bicyclic) bond motifs is 1. The Bertz CT molecular complexity index is 1050. The largest absolute Gasteiger partial charge is 0.454 e. The van der Waals surface area contributed by atoms with Crippen LogP contribution in [0.4, 0.5) is 11.4 Å². The van der Waals surface area contributed by atoms with Gasteiger partial charge in [0.15, 0.2) is 11.5 Å². The lowest BCUT2D eigenvalue weighted by Crippen LogP contribution is -2.35. The summed E-state index contributed by atoms with van der Waals surface area (Å²) < 4.78 is 10.6. The van der Waals surface area contributed by atoms with Gasteiger partial charge >= 0.3 is 11.8 Å². The van der Waals surface area contributed by atoms with Gasteiger partial charge in [0, 0.05) is 25.2 Å². The van der Waals surface area contributed by atoms with Crippen molar-refractivity contribution < 1.29 is 23.9 Å². The van der Waals surface area contributed by atoms with E-state index in [2.05, 4.69) is 10.6 Å². The zero-order valence-electron chi connectivity index (χ0n) is 15.6. The summed E-state index contributed by atoms with van der Waals surface area (Å²) in [4.78, 5) is 38.4. The first-order chi connectivity index (χ1) is 14.1. The Balaban J connectivity index is 1.24. The summed E-state index contributed by atoms with van der Waals surface area (Å²) in [5, 5.41) is 5.29. The second-order valence-electron chi connectivity index (χ2n) is 7.26. The van der Waals surface area contributed by atoms with Crippen molar-refractivity contribution in [1.82, 2.24) is 5.32 Å². The van der Waals surface area contributed by atoms with Gasteiger partial charge in [0.05, 0.1) is 5.69 Å². The Labute approximate surface area is 166 Å². The molecule has 0 aliphatic carbocycles. The van der Waals surface area contributed by atoms with E-state index in [0.29, 0.717) is 36.6 Å². The molecule has 3 aliphatic rings. The van der Waals surface area contributed by atoms with Crippen molar-refractivity contribution in [3.8, 4) is 11.5 Å². The van der Waals surface area contributed by atoms with Gasteiger partial charge in [0.25, 0.3) is 0 Å². The lowest BCUT2D eigenvalue weighted by Gasteiger charge is -2.25. The van der Waals surface area contributed by atoms with Gasteiger partial charge < -0.3 is 25.0 Å². The van der Waals surface area contributed by atoms with Crippen molar-refractivity contribution in [1.29, 1.82) is 0 Å². The first-order valence-corrected chi connectivity index (χ1v) is 9.52. The summed E-state index contributed by atoms with van der Waals surface area (Å²) in [5.74, 6) is 0.00340. The molecule has 0 saturated heterocycles. The van der Waals surface area contributed by atoms with Crippen LogP contribution >= 0.6 is 0 Å². The normalized spacial score (nSPS) is 15.9. The van der Waals surface area contributed by atoms with Crippen molar-refractivity contribution in [3.05, 3.63) is 47.0 Å². The standard InChI is InChI=1S/C21H19N3O5/c25-18-4-2-13-8-15(9-14-5-6-24(18)19(13)14)23-21(27)20(26)22-10-12-1-3-16-17(7-12)29-11-28-16/h1,3,7-9H,2,4-6,10-11H2,(H,22,26)(H,23,27). The molecule has 0 fully saturated rings. The zero-order chi connectivity index (χ0) is 20.0. The molecule has 2 aromatic rings. The quantitative estimate of drug-likeness (QED) is 0.771. The van der Waals surface area contributed by atoms with E-state index in [4.69, 9.17) is 9.47 Å². The summed E-state index contributed by atoms with van der Waals surface area (Å²) in [6.45, 7) is 1.06. The number of hydrogen-bond donors (Lipinski definition) is 2. The first-order valence-electron chi connectivity index (χ1n) is 9.52. The Morgan fingerprint density at radius 1 is 0.966 bits per heavy atom. The maximum atomic E-state index is 12.3. The van der Waals surface area contributed by atoms with Crippen LogP contribution in [-0.2, 0) is 33.8 Å². The van der Waals surface area contributed by atoms with Gasteiger partial charge in [-0.1, -0.05) is 6.07 Å². The second-order valence-corrected chi connectivity index (χ2v) is 7.26. The summed E-state index contributed by atoms with van der Waals surface area (Å²) in [7, 11) is 0. The van der Waals surface area contributed by atoms with Crippen LogP contribution in [0.5, 0.6) is 11.5 Å². The molecule has 0 spiro atoms. The van der Waals surface area contributed by atoms with Gasteiger partial charge in [-0.2, -0.15) is 0 Å². The highest BCUT2D eigenvalue weighted by atomic mass is 16.7. The molecule has 2 N–H and O–H groups in total. The smallest absolute Gasteiger partial charge is 0.313 e. The van der Waals surface area contributed by atoms with Crippen LogP contribution in [0.1, 0.15) is 23.1 Å². The number of benzene rings is 2. The molecule has 0 aromatic heterocycles. The molecule has 3 amide bonds. The number of anilines is 2. The van der Waals surface area contributed by atoms with Crippen LogP contribution in [0.2, 0.25) is 0 Å². The monoisotopic (exact) mass is 393 g/mol. The molecule has 0 radical (unpaired) electrons. The predicted octanol–water partition coefficient (Wildman–Crippen LogP) is 1.51. The Kier molecular flexibility index (Phi) is 4.12. The highest BCUT2D eigenvalue weighted by molar-refractivity contribution is 6.39. The summed E-state index contributed by atoms with van der Waals surface area (Å²) in [6.07, 6.45) is 1.88. The van der Waals surface area contributed by atoms with E-state index >= 15 is 0 Å². The van der Waals surface area contributed by atoms with E-state index in [1.54, 1.807) is 12.1 Å². The van der Waals surface area contributed by atoms with Gasteiger partial charge in [0.1, 0.15) is 0 Å². The minimum Gasteiger partial charge on any atom is -0.454 e. The van der Waals surface area contributed by atoms with Crippen LogP contribution < -0.4 is 25.0 Å². The van der Waals surface area contributed by atoms with E-state index in [-0.39, 0.29) is 19.2 Å². The number of carbonyl (C=O) groups is 3. The second kappa shape index (κ2) is 6.80. The van der Waals surface area contributed by atoms with Crippen molar-refractivity contribution in [3.63, 3.8) is 0 Å². The lowest BCUT2D eigenvalue weighted by molar-refractivity contribution is -0.136. The number of nitrogens with zero attached hydrogens (tertiary/aromatic N) is 1. The average Bonchev–Trinajstić information content (AvgIpc) is 3.36. The van der Waals surface area contributed by atoms with Crippen molar-refractivity contribution >= 4 is 29.1 Å². The molecule has 3 aliphatic heterocycles. The number of carbonyl (C=O) groups excluding carboxylic acids is 3. The molecule has 29 heavy (non-hydrogen) atoms. The third kappa shape index (κ3) is 3.16. The maximum Gasteiger partial charge on any atom is 0.313 e. The van der Waals surface area contributed by atoms with Crippen LogP contribution in [-0.4, -0.2) is 31.1 Å². The number of nitrogens with one attached hydrogen (secondary N) is 2. The minimum absolute atomic E-state index is 0.149. The van der Waals surface area contributed by atoms with E-state index in [0.717, 1.165) is 28.8 Å². The molecule has 0 unspecified atom stereocenters. The van der Waals surface area contributed by atoms with Gasteiger partial charge in [0.2, 0.25) is 12.7 Å². The Morgan fingerprint density at radius 3 is 2.62 bits per heavy atom. The molecule has 8 nitrogen and oxygen atoms in total. The number of amides is 3. The SMILES string of the molecule is O=C(NCc1ccc2c(c1)OCO2)C(=O)Nc1cc2c3c(c1)CCN3C(=O)CC2. The number of ether oxygens (including phenoxy) is 2. The van der Waals surface area contributed by atoms with Crippen LogP contribution in [0.3, 0.4) is 0 Å². The highest BCUT2D eigenvalue weighted by Gasteiger charge is 2.31. The lowest BCUT2D eigenvalue weighted by atomic mass is 9.98. The van der Waals surface area contributed by atoms with Gasteiger partial charge in [-0.25, -0.2) is 0 Å². The molecule has 0 atom stereocenters. The third-order valence-electron chi connectivity index (χ3n) is 5.41. The maximum absolute atomic E-state index is 12.3. The van der Waals surface area contributed by atoms with E-state index in [1.807, 2.05) is 23.1 Å². The van der Waals surface area contributed by atoms with Crippen molar-refractivity contribution in [2.75, 3.05) is 23.6 Å². The van der Waals surface area contributed by atoms with Crippen molar-refractivity contribution in [2.24, 2.45) is 0 Å². The molecule has 0 bridgehead atoms. The Hall–Kier alpha value is -3.55. The van der Waals surface area contributed by atoms with Crippen LogP contribution in [0.15, 0.2) is 30.3 Å². The summed E-state index contributed by atoms with van der Waals surface area (Å²) in [5.41, 5.74) is 4.44. The van der Waals surface area contributed by atoms with E-state index in [9.17, 15) is 14.4 Å². The molecule has 148 valence electrons. The molecule has 5 rings (SSSR count). The Morgan fingerprint density at radius 2 is 1.76 bits per heavy atom. The first kappa shape index (κ1) is 17.5. The highest BCUT2D eigenvalue weighted by Crippen LogP contribution is 2.38. The fourth-order valence-electron chi connectivity index (χ4n) is 4.03. The molecule has 8 heteroatoms. The van der Waals surface area contributed by atoms with Gasteiger partial charge in [-0.3, -0.25) is 14.4 Å². The molecule has 2 aromatic carbocycles. The van der Waals surface area contributed by atoms with Gasteiger partial charge in [-0.15, -0.1) is 0 Å². The van der Waals surface area contributed by atoms with Gasteiger partial charge in [-0.05, 0) is 53.8 Å². The summed E-state index contributed by atoms with van der Waals surface area (Å²) in [6, 6.07) is 9.06. The predicted molar refractivity (Wildman–Crippen MR) is 104 cm³/mol. The number of rotatable bonds is 3. The third-order valence-corrected chi connectivity index (χ3v) is 5.41. The van der Waals surface area contributed by atoms with E-state index < -0.39 is 11.8 Å². The zero-order valence-corrected chi connectivity index (χ0v) is 15.6. The minimum atomic E-state index is -0.723. The molecule has 0 saturated carbocycles. The van der Waals surface area contributed by atoms with Crippen LogP contribution in [0.25, 0.3) is 0 Å². The van der Waals surface area contributed by atoms with E-state index in [1.165, 1.54) is 0 Å². The molecular formula is C21H19N3O5. The fourth-order valence-corrected chi connectivity index (χ4v) is 4.03. The molecular weight excluding hydrogens is 374 g/mol. The summed E-state index contributed by atoms with van der Waals surface area (Å²) >= 11 is 0. The van der Waals surface area contributed by atoms with Crippen LogP contribution in [0, 0.1) is 0 Å². The average molecular weight is 393 g/mol. The topological polar surface area (TPSA) is 97.0 Å². The fraction of sp³-hybridized carbons (Fsp3) is 0.286. The number of aryl methyl sites for hydroxylation is 1. The molecule has 3 heterocycles. The van der Waals surface area contributed by atoms with Crippen molar-refractivity contribution in [2.45, 2.75) is 25.8 Å². The number of hydrogen-bond acceptors (Lipinski definition) is 5.